The lowest BCUT2D eigenvalue weighted by Crippen LogP contribution is -2.04. The van der Waals surface area contributed by atoms with Crippen molar-refractivity contribution in [2.75, 3.05) is 19.2 Å². The van der Waals surface area contributed by atoms with Crippen LogP contribution in [0.1, 0.15) is 15.9 Å². The number of nitrogens with one attached hydrogen (secondary N) is 1. The molecule has 4 aromatic rings. The predicted molar refractivity (Wildman–Crippen MR) is 121 cm³/mol. The first-order chi connectivity index (χ1) is 16.0. The Bertz CT molecular complexity index is 1390. The third-order valence-electron chi connectivity index (χ3n) is 5.02. The maximum Gasteiger partial charge on any atom is 0.337 e. The van der Waals surface area contributed by atoms with Gasteiger partial charge in [0.1, 0.15) is 10.6 Å². The summed E-state index contributed by atoms with van der Waals surface area (Å²) in [5.41, 5.74) is 1.99. The Hall–Kier alpha value is -4.25. The number of esters is 1. The third kappa shape index (κ3) is 4.01. The number of aromatic nitrogens is 2. The van der Waals surface area contributed by atoms with Gasteiger partial charge in [0, 0.05) is 18.2 Å². The van der Waals surface area contributed by atoms with Gasteiger partial charge in [-0.05, 0) is 41.2 Å². The Morgan fingerprint density at radius 1 is 1.15 bits per heavy atom. The molecule has 3 heterocycles. The van der Waals surface area contributed by atoms with Gasteiger partial charge >= 0.3 is 11.0 Å². The standard InChI is InChI=1S/C22H16N4O6S/c1-30-22(27)14-5-3-13(4-6-14)19-24-20(15-9-18(26(28)29)33-21(15)25-19)23-10-12-2-7-16-17(8-12)32-11-31-16/h2-9H,10-11H2,1H3,(H,23,24,25). The molecule has 0 saturated carbocycles. The van der Waals surface area contributed by atoms with Crippen LogP contribution in [0, 0.1) is 10.1 Å². The van der Waals surface area contributed by atoms with Gasteiger partial charge in [-0.15, -0.1) is 0 Å². The molecule has 1 aliphatic rings. The zero-order valence-corrected chi connectivity index (χ0v) is 18.0. The minimum atomic E-state index is -0.446. The monoisotopic (exact) mass is 464 g/mol. The number of carbonyl (C=O) groups excluding carboxylic acids is 1. The highest BCUT2D eigenvalue weighted by molar-refractivity contribution is 7.21. The average molecular weight is 464 g/mol. The highest BCUT2D eigenvalue weighted by Crippen LogP contribution is 2.36. The molecular formula is C22H16N4O6S. The third-order valence-corrected chi connectivity index (χ3v) is 6.00. The summed E-state index contributed by atoms with van der Waals surface area (Å²) >= 11 is 0.977. The van der Waals surface area contributed by atoms with Crippen LogP contribution in [0.2, 0.25) is 0 Å². The highest BCUT2D eigenvalue weighted by Gasteiger charge is 2.19. The molecule has 2 aromatic heterocycles. The van der Waals surface area contributed by atoms with E-state index in [1.807, 2.05) is 18.2 Å². The van der Waals surface area contributed by atoms with E-state index in [9.17, 15) is 14.9 Å². The van der Waals surface area contributed by atoms with Gasteiger partial charge < -0.3 is 19.5 Å². The van der Waals surface area contributed by atoms with Crippen molar-refractivity contribution in [3.05, 3.63) is 69.8 Å². The molecule has 1 aliphatic heterocycles. The first-order valence-electron chi connectivity index (χ1n) is 9.79. The first kappa shape index (κ1) is 20.6. The van der Waals surface area contributed by atoms with Crippen molar-refractivity contribution >= 4 is 38.3 Å². The number of hydrogen-bond donors (Lipinski definition) is 1. The quantitative estimate of drug-likeness (QED) is 0.251. The van der Waals surface area contributed by atoms with Crippen LogP contribution in [0.15, 0.2) is 48.5 Å². The van der Waals surface area contributed by atoms with Crippen LogP contribution in [-0.2, 0) is 11.3 Å². The van der Waals surface area contributed by atoms with Gasteiger partial charge in [-0.1, -0.05) is 18.2 Å². The molecule has 0 aliphatic carbocycles. The van der Waals surface area contributed by atoms with Crippen LogP contribution in [0.4, 0.5) is 10.8 Å². The number of rotatable bonds is 6. The Labute approximate surface area is 190 Å². The number of thiophene rings is 1. The van der Waals surface area contributed by atoms with Crippen molar-refractivity contribution in [3.63, 3.8) is 0 Å². The lowest BCUT2D eigenvalue weighted by atomic mass is 10.1. The Balaban J connectivity index is 1.50. The van der Waals surface area contributed by atoms with Gasteiger partial charge in [-0.25, -0.2) is 14.8 Å². The van der Waals surface area contributed by atoms with Crippen LogP contribution in [-0.4, -0.2) is 34.8 Å². The van der Waals surface area contributed by atoms with Crippen molar-refractivity contribution in [2.24, 2.45) is 0 Å². The number of nitro groups is 1. The second kappa shape index (κ2) is 8.36. The smallest absolute Gasteiger partial charge is 0.337 e. The van der Waals surface area contributed by atoms with E-state index in [1.54, 1.807) is 24.3 Å². The Morgan fingerprint density at radius 3 is 2.70 bits per heavy atom. The first-order valence-corrected chi connectivity index (χ1v) is 10.6. The molecule has 0 radical (unpaired) electrons. The Morgan fingerprint density at radius 2 is 1.94 bits per heavy atom. The second-order valence-electron chi connectivity index (χ2n) is 7.07. The molecule has 0 amide bonds. The molecule has 2 aromatic carbocycles. The number of methoxy groups -OCH3 is 1. The summed E-state index contributed by atoms with van der Waals surface area (Å²) in [5, 5.41) is 15.1. The lowest BCUT2D eigenvalue weighted by Gasteiger charge is -2.10. The lowest BCUT2D eigenvalue weighted by molar-refractivity contribution is -0.380. The van der Waals surface area contributed by atoms with Crippen LogP contribution in [0.3, 0.4) is 0 Å². The number of fused-ring (bicyclic) bond motifs is 2. The average Bonchev–Trinajstić information content (AvgIpc) is 3.48. The maximum absolute atomic E-state index is 11.7. The van der Waals surface area contributed by atoms with E-state index < -0.39 is 10.9 Å². The topological polar surface area (TPSA) is 126 Å². The number of ether oxygens (including phenoxy) is 3. The molecule has 0 atom stereocenters. The van der Waals surface area contributed by atoms with E-state index in [1.165, 1.54) is 13.2 Å². The van der Waals surface area contributed by atoms with Crippen LogP contribution < -0.4 is 14.8 Å². The summed E-state index contributed by atoms with van der Waals surface area (Å²) in [6.07, 6.45) is 0. The second-order valence-corrected chi connectivity index (χ2v) is 8.08. The minimum Gasteiger partial charge on any atom is -0.465 e. The van der Waals surface area contributed by atoms with Crippen LogP contribution in [0.25, 0.3) is 21.6 Å². The molecule has 1 N–H and O–H groups in total. The number of benzene rings is 2. The minimum absolute atomic E-state index is 0.0244. The largest absolute Gasteiger partial charge is 0.465 e. The van der Waals surface area contributed by atoms with Crippen molar-refractivity contribution in [1.82, 2.24) is 9.97 Å². The zero-order valence-electron chi connectivity index (χ0n) is 17.2. The van der Waals surface area contributed by atoms with Gasteiger partial charge in [0.2, 0.25) is 6.79 Å². The van der Waals surface area contributed by atoms with E-state index >= 15 is 0 Å². The van der Waals surface area contributed by atoms with Gasteiger partial charge in [0.15, 0.2) is 17.3 Å². The van der Waals surface area contributed by atoms with Crippen molar-refractivity contribution in [2.45, 2.75) is 6.54 Å². The number of nitrogens with zero attached hydrogens (tertiary/aromatic N) is 3. The van der Waals surface area contributed by atoms with Crippen molar-refractivity contribution < 1.29 is 23.9 Å². The summed E-state index contributed by atoms with van der Waals surface area (Å²) in [7, 11) is 1.31. The predicted octanol–water partition coefficient (Wildman–Crippen LogP) is 4.39. The summed E-state index contributed by atoms with van der Waals surface area (Å²) in [5.74, 6) is 1.75. The molecule has 0 spiro atoms. The SMILES string of the molecule is COC(=O)c1ccc(-c2nc(NCc3ccc4c(c3)OCO4)c3cc([N+](=O)[O-])sc3n2)cc1. The van der Waals surface area contributed by atoms with E-state index in [0.29, 0.717) is 51.0 Å². The summed E-state index contributed by atoms with van der Waals surface area (Å²) in [6.45, 7) is 0.600. The van der Waals surface area contributed by atoms with Crippen LogP contribution in [0.5, 0.6) is 11.5 Å². The van der Waals surface area contributed by atoms with Gasteiger partial charge in [0.25, 0.3) is 0 Å². The molecule has 11 heteroatoms. The summed E-state index contributed by atoms with van der Waals surface area (Å²) < 4.78 is 15.5. The molecule has 5 rings (SSSR count). The van der Waals surface area contributed by atoms with E-state index in [-0.39, 0.29) is 11.8 Å². The van der Waals surface area contributed by atoms with Crippen LogP contribution >= 0.6 is 11.3 Å². The molecule has 10 nitrogen and oxygen atoms in total. The Kier molecular flexibility index (Phi) is 5.23. The highest BCUT2D eigenvalue weighted by atomic mass is 32.1. The van der Waals surface area contributed by atoms with E-state index in [0.717, 1.165) is 16.9 Å². The molecule has 0 saturated heterocycles. The maximum atomic E-state index is 11.7. The molecule has 33 heavy (non-hydrogen) atoms. The molecular weight excluding hydrogens is 448 g/mol. The van der Waals surface area contributed by atoms with Crippen molar-refractivity contribution in [3.8, 4) is 22.9 Å². The summed E-state index contributed by atoms with van der Waals surface area (Å²) in [4.78, 5) is 32.2. The van der Waals surface area contributed by atoms with Gasteiger partial charge in [-0.2, -0.15) is 0 Å². The zero-order chi connectivity index (χ0) is 22.9. The summed E-state index contributed by atoms with van der Waals surface area (Å²) in [6, 6.07) is 13.7. The molecule has 0 unspecified atom stereocenters. The fourth-order valence-electron chi connectivity index (χ4n) is 3.37. The molecule has 0 bridgehead atoms. The molecule has 166 valence electrons. The van der Waals surface area contributed by atoms with E-state index in [2.05, 4.69) is 15.3 Å². The van der Waals surface area contributed by atoms with Gasteiger partial charge in [-0.3, -0.25) is 10.1 Å². The normalized spacial score (nSPS) is 12.0. The number of carbonyl (C=O) groups is 1. The number of anilines is 1. The fraction of sp³-hybridized carbons (Fsp3) is 0.136. The van der Waals surface area contributed by atoms with Crippen molar-refractivity contribution in [1.29, 1.82) is 0 Å². The number of hydrogen-bond acceptors (Lipinski definition) is 10. The van der Waals surface area contributed by atoms with E-state index in [4.69, 9.17) is 14.2 Å². The molecule has 0 fully saturated rings. The van der Waals surface area contributed by atoms with Gasteiger partial charge in [0.05, 0.1) is 23.0 Å². The fourth-order valence-corrected chi connectivity index (χ4v) is 4.22.